The summed E-state index contributed by atoms with van der Waals surface area (Å²) in [6, 6.07) is 0. The second-order valence-corrected chi connectivity index (χ2v) is 4.26. The average molecular weight is 203 g/mol. The third-order valence-corrected chi connectivity index (χ3v) is 3.17. The number of aliphatic hydroxyl groups excluding tert-OH is 2. The summed E-state index contributed by atoms with van der Waals surface area (Å²) in [5.41, 5.74) is -0.677. The van der Waals surface area contributed by atoms with E-state index in [-0.39, 0.29) is 0 Å². The molecule has 2 atom stereocenters. The van der Waals surface area contributed by atoms with Crippen molar-refractivity contribution in [2.45, 2.75) is 44.5 Å². The second-order valence-electron chi connectivity index (χ2n) is 4.26. The fourth-order valence-corrected chi connectivity index (χ4v) is 1.87. The summed E-state index contributed by atoms with van der Waals surface area (Å²) in [4.78, 5) is 1.92. The normalized spacial score (nSPS) is 29.8. The predicted octanol–water partition coefficient (Wildman–Crippen LogP) is -0.425. The Morgan fingerprint density at radius 1 is 1.14 bits per heavy atom. The third kappa shape index (κ3) is 2.67. The number of hydrogen-bond donors (Lipinski definition) is 3. The number of nitrogens with zero attached hydrogens (tertiary/aromatic N) is 1. The first-order valence-electron chi connectivity index (χ1n) is 5.31. The molecule has 1 fully saturated rings. The van der Waals surface area contributed by atoms with E-state index < -0.39 is 17.8 Å². The molecule has 1 heterocycles. The molecule has 4 heteroatoms. The Kier molecular flexibility index (Phi) is 3.89. The third-order valence-electron chi connectivity index (χ3n) is 3.17. The maximum Gasteiger partial charge on any atom is 0.0938 e. The maximum atomic E-state index is 10.1. The molecule has 1 aliphatic rings. The molecule has 0 aliphatic carbocycles. The van der Waals surface area contributed by atoms with E-state index in [2.05, 4.69) is 0 Å². The van der Waals surface area contributed by atoms with Crippen LogP contribution < -0.4 is 0 Å². The van der Waals surface area contributed by atoms with E-state index in [9.17, 15) is 15.3 Å². The molecular formula is C10H21NO3. The molecule has 0 aromatic rings. The van der Waals surface area contributed by atoms with Crippen LogP contribution in [0.25, 0.3) is 0 Å². The monoisotopic (exact) mass is 203 g/mol. The topological polar surface area (TPSA) is 63.9 Å². The van der Waals surface area contributed by atoms with E-state index in [1.807, 2.05) is 18.7 Å². The van der Waals surface area contributed by atoms with E-state index in [1.54, 1.807) is 0 Å². The van der Waals surface area contributed by atoms with Crippen LogP contribution >= 0.6 is 0 Å². The molecule has 4 nitrogen and oxygen atoms in total. The first kappa shape index (κ1) is 11.9. The lowest BCUT2D eigenvalue weighted by atomic mass is 9.97. The highest BCUT2D eigenvalue weighted by Gasteiger charge is 2.34. The van der Waals surface area contributed by atoms with Crippen molar-refractivity contribution in [3.05, 3.63) is 0 Å². The van der Waals surface area contributed by atoms with Crippen molar-refractivity contribution in [3.8, 4) is 0 Å². The predicted molar refractivity (Wildman–Crippen MR) is 54.0 cm³/mol. The smallest absolute Gasteiger partial charge is 0.0938 e. The number of likely N-dealkylation sites (tertiary alicyclic amines) is 1. The minimum absolute atomic E-state index is 0.462. The van der Waals surface area contributed by atoms with Crippen molar-refractivity contribution < 1.29 is 15.3 Å². The van der Waals surface area contributed by atoms with E-state index in [4.69, 9.17) is 0 Å². The molecule has 0 bridgehead atoms. The van der Waals surface area contributed by atoms with Crippen LogP contribution in [0.3, 0.4) is 0 Å². The number of hydrogen-bond acceptors (Lipinski definition) is 4. The van der Waals surface area contributed by atoms with Gasteiger partial charge in [-0.2, -0.15) is 0 Å². The van der Waals surface area contributed by atoms with Crippen LogP contribution in [0.4, 0.5) is 0 Å². The van der Waals surface area contributed by atoms with Gasteiger partial charge in [-0.15, -0.1) is 0 Å². The second kappa shape index (κ2) is 4.57. The van der Waals surface area contributed by atoms with Gasteiger partial charge in [0.05, 0.1) is 17.8 Å². The highest BCUT2D eigenvalue weighted by Crippen LogP contribution is 2.19. The molecule has 0 aromatic carbocycles. The zero-order valence-electron chi connectivity index (χ0n) is 8.98. The van der Waals surface area contributed by atoms with Crippen molar-refractivity contribution >= 4 is 0 Å². The fraction of sp³-hybridized carbons (Fsp3) is 1.00. The highest BCUT2D eigenvalue weighted by atomic mass is 16.3. The van der Waals surface area contributed by atoms with Gasteiger partial charge < -0.3 is 15.3 Å². The minimum atomic E-state index is -0.677. The summed E-state index contributed by atoms with van der Waals surface area (Å²) in [7, 11) is 0. The Bertz CT molecular complexity index is 172. The fourth-order valence-electron chi connectivity index (χ4n) is 1.87. The van der Waals surface area contributed by atoms with Gasteiger partial charge in [-0.3, -0.25) is 4.90 Å². The SMILES string of the molecule is CCC(O)(CC)CN1CC(O)C(O)C1. The Balaban J connectivity index is 2.45. The molecule has 1 rings (SSSR count). The van der Waals surface area contributed by atoms with Crippen molar-refractivity contribution in [3.63, 3.8) is 0 Å². The summed E-state index contributed by atoms with van der Waals surface area (Å²) in [6.45, 7) is 5.36. The first-order chi connectivity index (χ1) is 6.50. The molecule has 2 unspecified atom stereocenters. The van der Waals surface area contributed by atoms with Gasteiger partial charge in [0.25, 0.3) is 0 Å². The van der Waals surface area contributed by atoms with Crippen LogP contribution in [-0.2, 0) is 0 Å². The standard InChI is InChI=1S/C10H21NO3/c1-3-10(14,4-2)7-11-5-8(12)9(13)6-11/h8-9,12-14H,3-7H2,1-2H3. The van der Waals surface area contributed by atoms with Crippen molar-refractivity contribution in [2.75, 3.05) is 19.6 Å². The molecule has 0 amide bonds. The van der Waals surface area contributed by atoms with Crippen LogP contribution in [-0.4, -0.2) is 57.7 Å². The van der Waals surface area contributed by atoms with Gasteiger partial charge in [0.2, 0.25) is 0 Å². The lowest BCUT2D eigenvalue weighted by Crippen LogP contribution is -2.41. The van der Waals surface area contributed by atoms with Gasteiger partial charge >= 0.3 is 0 Å². The average Bonchev–Trinajstić information content (AvgIpc) is 2.45. The summed E-state index contributed by atoms with van der Waals surface area (Å²) in [6.07, 6.45) is 0.0826. The molecule has 1 saturated heterocycles. The Labute approximate surface area is 85.2 Å². The maximum absolute atomic E-state index is 10.1. The number of rotatable bonds is 4. The zero-order valence-corrected chi connectivity index (χ0v) is 8.98. The Morgan fingerprint density at radius 2 is 1.57 bits per heavy atom. The van der Waals surface area contributed by atoms with E-state index in [0.29, 0.717) is 32.5 Å². The Hall–Kier alpha value is -0.160. The molecule has 3 N–H and O–H groups in total. The van der Waals surface area contributed by atoms with Gasteiger partial charge in [-0.25, -0.2) is 0 Å². The lowest BCUT2D eigenvalue weighted by Gasteiger charge is -2.30. The van der Waals surface area contributed by atoms with Crippen molar-refractivity contribution in [1.29, 1.82) is 0 Å². The van der Waals surface area contributed by atoms with E-state index in [1.165, 1.54) is 0 Å². The van der Waals surface area contributed by atoms with Crippen molar-refractivity contribution in [2.24, 2.45) is 0 Å². The van der Waals surface area contributed by atoms with Gasteiger partial charge in [0.1, 0.15) is 0 Å². The lowest BCUT2D eigenvalue weighted by molar-refractivity contribution is -0.000623. The van der Waals surface area contributed by atoms with Gasteiger partial charge in [0.15, 0.2) is 0 Å². The largest absolute Gasteiger partial charge is 0.389 e. The molecule has 0 saturated carbocycles. The van der Waals surface area contributed by atoms with Crippen LogP contribution in [0.2, 0.25) is 0 Å². The van der Waals surface area contributed by atoms with Gasteiger partial charge in [-0.1, -0.05) is 13.8 Å². The van der Waals surface area contributed by atoms with Gasteiger partial charge in [0, 0.05) is 19.6 Å². The van der Waals surface area contributed by atoms with Crippen LogP contribution in [0.5, 0.6) is 0 Å². The number of aliphatic hydroxyl groups is 3. The zero-order chi connectivity index (χ0) is 10.8. The minimum Gasteiger partial charge on any atom is -0.389 e. The molecule has 1 aliphatic heterocycles. The first-order valence-corrected chi connectivity index (χ1v) is 5.31. The highest BCUT2D eigenvalue weighted by molar-refractivity contribution is 4.88. The summed E-state index contributed by atoms with van der Waals surface area (Å²) >= 11 is 0. The van der Waals surface area contributed by atoms with Crippen LogP contribution in [0.15, 0.2) is 0 Å². The number of β-amino-alcohol motifs (C(OH)–C–C–N with tert-alkyl or cyclic N) is 3. The molecular weight excluding hydrogens is 182 g/mol. The molecule has 0 aromatic heterocycles. The summed E-state index contributed by atoms with van der Waals surface area (Å²) < 4.78 is 0. The molecule has 0 radical (unpaired) electrons. The van der Waals surface area contributed by atoms with E-state index in [0.717, 1.165) is 0 Å². The van der Waals surface area contributed by atoms with Crippen LogP contribution in [0, 0.1) is 0 Å². The Morgan fingerprint density at radius 3 is 1.93 bits per heavy atom. The molecule has 0 spiro atoms. The summed E-state index contributed by atoms with van der Waals surface area (Å²) in [5.74, 6) is 0. The van der Waals surface area contributed by atoms with Crippen LogP contribution in [0.1, 0.15) is 26.7 Å². The van der Waals surface area contributed by atoms with E-state index >= 15 is 0 Å². The van der Waals surface area contributed by atoms with Gasteiger partial charge in [-0.05, 0) is 12.8 Å². The van der Waals surface area contributed by atoms with Crippen molar-refractivity contribution in [1.82, 2.24) is 4.90 Å². The molecule has 14 heavy (non-hydrogen) atoms. The quantitative estimate of drug-likeness (QED) is 0.580. The molecule has 84 valence electrons. The summed E-state index contributed by atoms with van der Waals surface area (Å²) in [5, 5.41) is 28.7.